The van der Waals surface area contributed by atoms with Crippen LogP contribution in [0.25, 0.3) is 0 Å². The topological polar surface area (TPSA) is 157 Å². The van der Waals surface area contributed by atoms with Crippen LogP contribution in [0.1, 0.15) is 33.1 Å². The number of carbonyl (C=O) groups is 2. The highest BCUT2D eigenvalue weighted by Crippen LogP contribution is 2.37. The maximum atomic E-state index is 13.3. The van der Waals surface area contributed by atoms with Crippen molar-refractivity contribution >= 4 is 51.5 Å². The van der Waals surface area contributed by atoms with Gasteiger partial charge in [0.25, 0.3) is 11.4 Å². The molecule has 1 N–H and O–H groups in total. The molecule has 0 aliphatic carbocycles. The Morgan fingerprint density at radius 3 is 2.53 bits per heavy atom. The predicted molar refractivity (Wildman–Crippen MR) is 136 cm³/mol. The highest BCUT2D eigenvalue weighted by molar-refractivity contribution is 8.15. The molecular formula is C23H25N5O7S. The number of thioether (sulfide) groups is 1. The Labute approximate surface area is 211 Å². The standard InChI is InChI=1S/C23H25N5O7S/c1-4-7-14(2)26-22(30)20(36-23(26)25-16-8-5-6-9-18(16)27(31)32)13-21(29)24-17-11-10-15(35-3)12-19(17)28(33)34/h5-6,8-12,14,20H,4,7,13H2,1-3H3,(H,24,29)/t14-,20+/m0/s1. The van der Waals surface area contributed by atoms with Crippen LogP contribution in [-0.2, 0) is 9.59 Å². The van der Waals surface area contributed by atoms with Crippen molar-refractivity contribution in [2.24, 2.45) is 4.99 Å². The van der Waals surface area contributed by atoms with E-state index >= 15 is 0 Å². The first-order chi connectivity index (χ1) is 17.2. The normalized spacial score (nSPS) is 17.2. The third-order valence-corrected chi connectivity index (χ3v) is 6.61. The molecule has 1 saturated heterocycles. The van der Waals surface area contributed by atoms with Crippen LogP contribution in [0.4, 0.5) is 22.7 Å². The van der Waals surface area contributed by atoms with Crippen molar-refractivity contribution < 1.29 is 24.2 Å². The fourth-order valence-corrected chi connectivity index (χ4v) is 4.96. The smallest absolute Gasteiger partial charge is 0.296 e. The Bertz CT molecular complexity index is 1220. The Morgan fingerprint density at radius 1 is 1.19 bits per heavy atom. The number of amides is 2. The third kappa shape index (κ3) is 5.97. The summed E-state index contributed by atoms with van der Waals surface area (Å²) >= 11 is 1.04. The van der Waals surface area contributed by atoms with Crippen LogP contribution in [0.2, 0.25) is 0 Å². The lowest BCUT2D eigenvalue weighted by atomic mass is 10.1. The van der Waals surface area contributed by atoms with Crippen molar-refractivity contribution in [3.05, 3.63) is 62.7 Å². The molecule has 1 aliphatic rings. The summed E-state index contributed by atoms with van der Waals surface area (Å²) in [6, 6.07) is 9.73. The maximum absolute atomic E-state index is 13.3. The lowest BCUT2D eigenvalue weighted by Gasteiger charge is -2.24. The number of nitro groups is 2. The molecule has 36 heavy (non-hydrogen) atoms. The first kappa shape index (κ1) is 26.6. The van der Waals surface area contributed by atoms with Gasteiger partial charge in [-0.25, -0.2) is 4.99 Å². The molecule has 3 rings (SSSR count). The third-order valence-electron chi connectivity index (χ3n) is 5.45. The van der Waals surface area contributed by atoms with Crippen molar-refractivity contribution in [3.8, 4) is 5.75 Å². The Kier molecular flexibility index (Phi) is 8.59. The average molecular weight is 516 g/mol. The SMILES string of the molecule is CCC[C@H](C)N1C(=O)[C@@H](CC(=O)Nc2ccc(OC)cc2[N+](=O)[O-])SC1=Nc1ccccc1[N+](=O)[O-]. The van der Waals surface area contributed by atoms with Crippen LogP contribution >= 0.6 is 11.8 Å². The summed E-state index contributed by atoms with van der Waals surface area (Å²) in [6.07, 6.45) is 1.19. The lowest BCUT2D eigenvalue weighted by Crippen LogP contribution is -2.40. The predicted octanol–water partition coefficient (Wildman–Crippen LogP) is 4.66. The second-order valence-corrected chi connectivity index (χ2v) is 9.16. The monoisotopic (exact) mass is 515 g/mol. The van der Waals surface area contributed by atoms with E-state index in [4.69, 9.17) is 4.74 Å². The van der Waals surface area contributed by atoms with Gasteiger partial charge in [-0.3, -0.25) is 34.7 Å². The van der Waals surface area contributed by atoms with E-state index in [-0.39, 0.29) is 52.0 Å². The number of hydrogen-bond acceptors (Lipinski definition) is 9. The highest BCUT2D eigenvalue weighted by atomic mass is 32.2. The minimum absolute atomic E-state index is 0.0220. The number of nitro benzene ring substituents is 2. The molecule has 0 spiro atoms. The number of anilines is 1. The fourth-order valence-electron chi connectivity index (χ4n) is 3.73. The van der Waals surface area contributed by atoms with Crippen LogP contribution < -0.4 is 10.1 Å². The van der Waals surface area contributed by atoms with Gasteiger partial charge in [0, 0.05) is 18.5 Å². The van der Waals surface area contributed by atoms with Crippen LogP contribution in [0.3, 0.4) is 0 Å². The van der Waals surface area contributed by atoms with Crippen LogP contribution in [-0.4, -0.2) is 50.1 Å². The van der Waals surface area contributed by atoms with Gasteiger partial charge in [-0.1, -0.05) is 37.2 Å². The molecule has 1 aliphatic heterocycles. The quantitative estimate of drug-likeness (QED) is 0.353. The summed E-state index contributed by atoms with van der Waals surface area (Å²) < 4.78 is 5.00. The highest BCUT2D eigenvalue weighted by Gasteiger charge is 2.41. The van der Waals surface area contributed by atoms with Gasteiger partial charge in [-0.2, -0.15) is 0 Å². The number of hydrogen-bond donors (Lipinski definition) is 1. The number of ether oxygens (including phenoxy) is 1. The number of nitrogens with zero attached hydrogens (tertiary/aromatic N) is 4. The Hall–Kier alpha value is -4.00. The first-order valence-corrected chi connectivity index (χ1v) is 12.0. The molecule has 2 amide bonds. The van der Waals surface area contributed by atoms with E-state index in [0.29, 0.717) is 6.42 Å². The zero-order chi connectivity index (χ0) is 26.4. The summed E-state index contributed by atoms with van der Waals surface area (Å²) in [6.45, 7) is 3.82. The van der Waals surface area contributed by atoms with Crippen LogP contribution in [0, 0.1) is 20.2 Å². The van der Waals surface area contributed by atoms with Gasteiger partial charge >= 0.3 is 0 Å². The molecule has 1 heterocycles. The van der Waals surface area contributed by atoms with Gasteiger partial charge in [-0.05, 0) is 31.5 Å². The maximum Gasteiger partial charge on any atom is 0.296 e. The number of rotatable bonds is 10. The van der Waals surface area contributed by atoms with Gasteiger partial charge in [0.1, 0.15) is 22.4 Å². The number of aliphatic imine (C=N–C) groups is 1. The van der Waals surface area contributed by atoms with Crippen molar-refractivity contribution in [2.45, 2.75) is 44.4 Å². The number of carbonyl (C=O) groups excluding carboxylic acids is 2. The summed E-state index contributed by atoms with van der Waals surface area (Å²) in [5.41, 5.74) is -0.462. The fraction of sp³-hybridized carbons (Fsp3) is 0.348. The second kappa shape index (κ2) is 11.6. The molecule has 0 unspecified atom stereocenters. The second-order valence-electron chi connectivity index (χ2n) is 7.99. The van der Waals surface area contributed by atoms with Crippen molar-refractivity contribution in [1.29, 1.82) is 0 Å². The molecule has 0 radical (unpaired) electrons. The van der Waals surface area contributed by atoms with E-state index in [9.17, 15) is 29.8 Å². The molecule has 1 fully saturated rings. The van der Waals surface area contributed by atoms with Crippen LogP contribution in [0.5, 0.6) is 5.75 Å². The van der Waals surface area contributed by atoms with Crippen molar-refractivity contribution in [2.75, 3.05) is 12.4 Å². The summed E-state index contributed by atoms with van der Waals surface area (Å²) in [5, 5.41) is 24.7. The van der Waals surface area contributed by atoms with Gasteiger partial charge in [0.15, 0.2) is 5.17 Å². The summed E-state index contributed by atoms with van der Waals surface area (Å²) in [7, 11) is 1.37. The zero-order valence-electron chi connectivity index (χ0n) is 19.9. The molecule has 0 aromatic heterocycles. The van der Waals surface area contributed by atoms with E-state index in [1.807, 2.05) is 13.8 Å². The molecular weight excluding hydrogens is 490 g/mol. The number of nitrogens with one attached hydrogen (secondary N) is 1. The molecule has 2 aromatic rings. The summed E-state index contributed by atoms with van der Waals surface area (Å²) in [4.78, 5) is 53.6. The Morgan fingerprint density at radius 2 is 1.89 bits per heavy atom. The summed E-state index contributed by atoms with van der Waals surface area (Å²) in [5.74, 6) is -0.681. The first-order valence-electron chi connectivity index (χ1n) is 11.1. The molecule has 2 aromatic carbocycles. The van der Waals surface area contributed by atoms with Crippen molar-refractivity contribution in [3.63, 3.8) is 0 Å². The number of amidine groups is 1. The molecule has 0 bridgehead atoms. The number of methoxy groups -OCH3 is 1. The van der Waals surface area contributed by atoms with Crippen molar-refractivity contribution in [1.82, 2.24) is 4.90 Å². The van der Waals surface area contributed by atoms with E-state index in [2.05, 4.69) is 10.3 Å². The lowest BCUT2D eigenvalue weighted by molar-refractivity contribution is -0.384. The number of para-hydroxylation sites is 2. The van der Waals surface area contributed by atoms with E-state index in [1.165, 1.54) is 48.4 Å². The largest absolute Gasteiger partial charge is 0.496 e. The van der Waals surface area contributed by atoms with Gasteiger partial charge in [0.05, 0.1) is 23.0 Å². The molecule has 2 atom stereocenters. The van der Waals surface area contributed by atoms with Crippen LogP contribution in [0.15, 0.2) is 47.5 Å². The van der Waals surface area contributed by atoms with Gasteiger partial charge < -0.3 is 10.1 Å². The Balaban J connectivity index is 1.86. The zero-order valence-corrected chi connectivity index (χ0v) is 20.7. The van der Waals surface area contributed by atoms with Gasteiger partial charge in [-0.15, -0.1) is 0 Å². The van der Waals surface area contributed by atoms with E-state index in [1.54, 1.807) is 6.07 Å². The number of benzene rings is 2. The minimum atomic E-state index is -0.844. The molecule has 13 heteroatoms. The van der Waals surface area contributed by atoms with Gasteiger partial charge in [0.2, 0.25) is 11.8 Å². The molecule has 190 valence electrons. The average Bonchev–Trinajstić information content (AvgIpc) is 3.13. The van der Waals surface area contributed by atoms with E-state index in [0.717, 1.165) is 18.2 Å². The molecule has 12 nitrogen and oxygen atoms in total. The van der Waals surface area contributed by atoms with E-state index < -0.39 is 21.0 Å². The molecule has 0 saturated carbocycles. The minimum Gasteiger partial charge on any atom is -0.496 e.